The molecule has 0 saturated carbocycles. The van der Waals surface area contributed by atoms with E-state index in [2.05, 4.69) is 9.72 Å². The molecule has 1 heterocycles. The van der Waals surface area contributed by atoms with Gasteiger partial charge in [-0.25, -0.2) is 18.6 Å². The Morgan fingerprint density at radius 1 is 1.44 bits per heavy atom. The van der Waals surface area contributed by atoms with Gasteiger partial charge in [0.15, 0.2) is 0 Å². The minimum atomic E-state index is -4.92. The Labute approximate surface area is 111 Å². The standard InChI is InChI=1S/C9H5F5INO2/c1-18-8(17)3-2-4(9(12,13)14)16-6(5(3)15)7(10)11/h2,7H,1H3. The smallest absolute Gasteiger partial charge is 0.433 e. The molecule has 0 aromatic carbocycles. The molecule has 0 saturated heterocycles. The molecule has 3 nitrogen and oxygen atoms in total. The monoisotopic (exact) mass is 381 g/mol. The van der Waals surface area contributed by atoms with Gasteiger partial charge >= 0.3 is 12.1 Å². The highest BCUT2D eigenvalue weighted by Crippen LogP contribution is 2.33. The van der Waals surface area contributed by atoms with Crippen molar-refractivity contribution in [2.24, 2.45) is 0 Å². The Hall–Kier alpha value is -1.00. The summed E-state index contributed by atoms with van der Waals surface area (Å²) < 4.78 is 66.3. The molecule has 100 valence electrons. The number of carbonyl (C=O) groups is 1. The topological polar surface area (TPSA) is 39.2 Å². The van der Waals surface area contributed by atoms with E-state index in [0.29, 0.717) is 6.07 Å². The highest BCUT2D eigenvalue weighted by molar-refractivity contribution is 14.1. The Kier molecular flexibility index (Phi) is 4.46. The predicted octanol–water partition coefficient (Wildman–Crippen LogP) is 3.43. The Bertz CT molecular complexity index is 475. The van der Waals surface area contributed by atoms with E-state index in [9.17, 15) is 26.7 Å². The van der Waals surface area contributed by atoms with E-state index >= 15 is 0 Å². The number of alkyl halides is 5. The lowest BCUT2D eigenvalue weighted by molar-refractivity contribution is -0.141. The van der Waals surface area contributed by atoms with E-state index in [1.165, 1.54) is 22.6 Å². The largest absolute Gasteiger partial charge is 0.465 e. The number of halogens is 6. The molecule has 0 fully saturated rings. The number of hydrogen-bond donors (Lipinski definition) is 0. The van der Waals surface area contributed by atoms with E-state index < -0.39 is 35.5 Å². The second-order valence-electron chi connectivity index (χ2n) is 3.04. The molecule has 0 amide bonds. The third kappa shape index (κ3) is 3.06. The first-order valence-corrected chi connectivity index (χ1v) is 5.40. The SMILES string of the molecule is COC(=O)c1cc(C(F)(F)F)nc(C(F)F)c1I. The Balaban J connectivity index is 3.52. The van der Waals surface area contributed by atoms with E-state index in [0.717, 1.165) is 7.11 Å². The van der Waals surface area contributed by atoms with Crippen LogP contribution in [0.5, 0.6) is 0 Å². The maximum absolute atomic E-state index is 12.6. The fraction of sp³-hybridized carbons (Fsp3) is 0.333. The lowest BCUT2D eigenvalue weighted by atomic mass is 10.2. The summed E-state index contributed by atoms with van der Waals surface area (Å²) in [5.74, 6) is -1.13. The number of esters is 1. The van der Waals surface area contributed by atoms with Crippen LogP contribution >= 0.6 is 22.6 Å². The average molecular weight is 381 g/mol. The number of methoxy groups -OCH3 is 1. The third-order valence-electron chi connectivity index (χ3n) is 1.89. The lowest BCUT2D eigenvalue weighted by Gasteiger charge is -2.12. The molecule has 0 bridgehead atoms. The molecule has 0 aliphatic rings. The number of aromatic nitrogens is 1. The third-order valence-corrected chi connectivity index (χ3v) is 3.02. The van der Waals surface area contributed by atoms with Crippen molar-refractivity contribution in [2.45, 2.75) is 12.6 Å². The van der Waals surface area contributed by atoms with Crippen molar-refractivity contribution in [3.63, 3.8) is 0 Å². The van der Waals surface area contributed by atoms with Gasteiger partial charge in [0, 0.05) is 0 Å². The minimum absolute atomic E-state index is 0.359. The van der Waals surface area contributed by atoms with Crippen molar-refractivity contribution < 1.29 is 31.5 Å². The molecule has 0 spiro atoms. The lowest BCUT2D eigenvalue weighted by Crippen LogP contribution is -2.15. The average Bonchev–Trinajstić information content (AvgIpc) is 2.26. The van der Waals surface area contributed by atoms with Crippen LogP contribution in [0.2, 0.25) is 0 Å². The Morgan fingerprint density at radius 3 is 2.39 bits per heavy atom. The maximum atomic E-state index is 12.6. The summed E-state index contributed by atoms with van der Waals surface area (Å²) in [6, 6.07) is 0.388. The maximum Gasteiger partial charge on any atom is 0.433 e. The predicted molar refractivity (Wildman–Crippen MR) is 58.3 cm³/mol. The molecular weight excluding hydrogens is 376 g/mol. The summed E-state index contributed by atoms with van der Waals surface area (Å²) in [4.78, 5) is 14.1. The summed E-state index contributed by atoms with van der Waals surface area (Å²) in [6.07, 6.45) is -8.14. The van der Waals surface area contributed by atoms with Crippen molar-refractivity contribution in [2.75, 3.05) is 7.11 Å². The fourth-order valence-electron chi connectivity index (χ4n) is 1.10. The van der Waals surface area contributed by atoms with Gasteiger partial charge in [-0.1, -0.05) is 0 Å². The van der Waals surface area contributed by atoms with Crippen LogP contribution in [-0.2, 0) is 10.9 Å². The molecule has 0 unspecified atom stereocenters. The zero-order valence-corrected chi connectivity index (χ0v) is 10.8. The number of carbonyl (C=O) groups excluding carboxylic acids is 1. The van der Waals surface area contributed by atoms with Gasteiger partial charge in [-0.15, -0.1) is 0 Å². The van der Waals surface area contributed by atoms with E-state index in [-0.39, 0.29) is 3.57 Å². The highest BCUT2D eigenvalue weighted by Gasteiger charge is 2.36. The Morgan fingerprint density at radius 2 is 2.00 bits per heavy atom. The molecule has 0 aliphatic carbocycles. The number of pyridine rings is 1. The van der Waals surface area contributed by atoms with Gasteiger partial charge in [-0.3, -0.25) is 0 Å². The van der Waals surface area contributed by atoms with Crippen molar-refractivity contribution in [3.8, 4) is 0 Å². The van der Waals surface area contributed by atoms with Gasteiger partial charge in [0.25, 0.3) is 6.43 Å². The molecule has 1 aromatic heterocycles. The van der Waals surface area contributed by atoms with Crippen LogP contribution in [0.4, 0.5) is 22.0 Å². The zero-order valence-electron chi connectivity index (χ0n) is 8.69. The van der Waals surface area contributed by atoms with Gasteiger partial charge < -0.3 is 4.74 Å². The molecule has 18 heavy (non-hydrogen) atoms. The molecule has 1 rings (SSSR count). The number of hydrogen-bond acceptors (Lipinski definition) is 3. The summed E-state index contributed by atoms with van der Waals surface area (Å²) in [5.41, 5.74) is -3.24. The quantitative estimate of drug-likeness (QED) is 0.448. The minimum Gasteiger partial charge on any atom is -0.465 e. The summed E-state index contributed by atoms with van der Waals surface area (Å²) >= 11 is 1.33. The van der Waals surface area contributed by atoms with E-state index in [4.69, 9.17) is 0 Å². The van der Waals surface area contributed by atoms with Crippen molar-refractivity contribution >= 4 is 28.6 Å². The van der Waals surface area contributed by atoms with Crippen LogP contribution in [0.15, 0.2) is 6.07 Å². The molecule has 0 aliphatic heterocycles. The number of rotatable bonds is 2. The molecule has 0 radical (unpaired) electrons. The zero-order chi connectivity index (χ0) is 14.1. The van der Waals surface area contributed by atoms with Crippen LogP contribution < -0.4 is 0 Å². The first kappa shape index (κ1) is 15.1. The highest BCUT2D eigenvalue weighted by atomic mass is 127. The van der Waals surface area contributed by atoms with Gasteiger partial charge in [-0.2, -0.15) is 13.2 Å². The second kappa shape index (κ2) is 5.33. The first-order chi connectivity index (χ1) is 8.18. The van der Waals surface area contributed by atoms with Crippen LogP contribution in [0, 0.1) is 3.57 Å². The van der Waals surface area contributed by atoms with Gasteiger partial charge in [-0.05, 0) is 28.7 Å². The normalized spacial score (nSPS) is 11.8. The summed E-state index contributed by atoms with van der Waals surface area (Å²) in [5, 5.41) is 0. The van der Waals surface area contributed by atoms with Crippen LogP contribution in [0.3, 0.4) is 0 Å². The molecule has 1 aromatic rings. The van der Waals surface area contributed by atoms with Crippen LogP contribution in [0.25, 0.3) is 0 Å². The molecule has 9 heteroatoms. The number of ether oxygens (including phenoxy) is 1. The molecule has 0 atom stereocenters. The van der Waals surface area contributed by atoms with Gasteiger partial charge in [0.2, 0.25) is 0 Å². The summed E-state index contributed by atoms with van der Waals surface area (Å²) in [6.45, 7) is 0. The van der Waals surface area contributed by atoms with E-state index in [1.807, 2.05) is 0 Å². The van der Waals surface area contributed by atoms with Crippen LogP contribution in [-0.4, -0.2) is 18.1 Å². The van der Waals surface area contributed by atoms with Gasteiger partial charge in [0.1, 0.15) is 11.4 Å². The van der Waals surface area contributed by atoms with Crippen molar-refractivity contribution in [1.29, 1.82) is 0 Å². The molecular formula is C9H5F5INO2. The van der Waals surface area contributed by atoms with Gasteiger partial charge in [0.05, 0.1) is 16.2 Å². The van der Waals surface area contributed by atoms with E-state index in [1.54, 1.807) is 0 Å². The second-order valence-corrected chi connectivity index (χ2v) is 4.12. The van der Waals surface area contributed by atoms with Crippen LogP contribution in [0.1, 0.15) is 28.2 Å². The number of nitrogens with zero attached hydrogens (tertiary/aromatic N) is 1. The first-order valence-electron chi connectivity index (χ1n) is 4.32. The molecule has 0 N–H and O–H groups in total. The van der Waals surface area contributed by atoms with Crippen molar-refractivity contribution in [3.05, 3.63) is 26.6 Å². The fourth-order valence-corrected chi connectivity index (χ4v) is 1.83. The van der Waals surface area contributed by atoms with Crippen molar-refractivity contribution in [1.82, 2.24) is 4.98 Å². The summed E-state index contributed by atoms with van der Waals surface area (Å²) in [7, 11) is 0.939.